The number of nitrogens with zero attached hydrogens (tertiary/aromatic N) is 3. The Labute approximate surface area is 293 Å². The number of unbranched alkanes of at least 4 members (excludes halogenated alkanes) is 15. The lowest BCUT2D eigenvalue weighted by atomic mass is 10.0. The van der Waals surface area contributed by atoms with Crippen LogP contribution in [0.2, 0.25) is 0 Å². The summed E-state index contributed by atoms with van der Waals surface area (Å²) < 4.78 is 12.8. The molecule has 8 heteroatoms. The second-order valence-electron chi connectivity index (χ2n) is 13.2. The van der Waals surface area contributed by atoms with Crippen molar-refractivity contribution in [2.45, 2.75) is 123 Å². The zero-order valence-electron chi connectivity index (χ0n) is 29.9. The summed E-state index contributed by atoms with van der Waals surface area (Å²) in [6.07, 6.45) is 21.1. The summed E-state index contributed by atoms with van der Waals surface area (Å²) >= 11 is 0. The number of benzene rings is 3. The summed E-state index contributed by atoms with van der Waals surface area (Å²) in [6, 6.07) is 18.4. The third kappa shape index (κ3) is 12.0. The van der Waals surface area contributed by atoms with E-state index in [1.807, 2.05) is 43.3 Å². The molecular formula is C41H56N4O4. The number of fused-ring (bicyclic) bond motifs is 1. The zero-order valence-corrected chi connectivity index (χ0v) is 29.9. The van der Waals surface area contributed by atoms with Crippen LogP contribution in [-0.4, -0.2) is 40.4 Å². The highest BCUT2D eigenvalue weighted by Gasteiger charge is 2.32. The molecule has 0 fully saturated rings. The second-order valence-corrected chi connectivity index (χ2v) is 13.2. The number of anilines is 1. The molecule has 0 aliphatic rings. The molecule has 0 radical (unpaired) electrons. The van der Waals surface area contributed by atoms with E-state index in [4.69, 9.17) is 9.47 Å². The fourth-order valence-electron chi connectivity index (χ4n) is 6.23. The number of hydrogen-bond donors (Lipinski definition) is 1. The monoisotopic (exact) mass is 668 g/mol. The van der Waals surface area contributed by atoms with Gasteiger partial charge in [0.2, 0.25) is 0 Å². The van der Waals surface area contributed by atoms with Crippen molar-refractivity contribution in [1.29, 1.82) is 0 Å². The molecule has 1 N–H and O–H groups in total. The number of aromatic nitrogens is 3. The molecular weight excluding hydrogens is 612 g/mol. The summed E-state index contributed by atoms with van der Waals surface area (Å²) in [6.45, 7) is 4.80. The first-order valence-electron chi connectivity index (χ1n) is 18.5. The van der Waals surface area contributed by atoms with Gasteiger partial charge in [-0.15, -0.1) is 5.10 Å². The fraction of sp³-hybridized carbons (Fsp3) is 0.512. The van der Waals surface area contributed by atoms with Crippen LogP contribution in [0.1, 0.15) is 132 Å². The average molecular weight is 669 g/mol. The minimum Gasteiger partial charge on any atom is -0.497 e. The highest BCUT2D eigenvalue weighted by Crippen LogP contribution is 2.28. The van der Waals surface area contributed by atoms with Gasteiger partial charge in [0.1, 0.15) is 17.0 Å². The molecule has 3 aromatic carbocycles. The van der Waals surface area contributed by atoms with E-state index in [0.717, 1.165) is 18.4 Å². The largest absolute Gasteiger partial charge is 0.497 e. The number of hydrogen-bond acceptors (Lipinski definition) is 6. The lowest BCUT2D eigenvalue weighted by Crippen LogP contribution is -2.33. The minimum atomic E-state index is -1.28. The van der Waals surface area contributed by atoms with Crippen LogP contribution in [-0.2, 0) is 4.79 Å². The highest BCUT2D eigenvalue weighted by atomic mass is 16.5. The zero-order chi connectivity index (χ0) is 34.7. The van der Waals surface area contributed by atoms with Crippen LogP contribution in [0.3, 0.4) is 0 Å². The number of amides is 1. The molecule has 264 valence electrons. The molecule has 0 saturated heterocycles. The van der Waals surface area contributed by atoms with Gasteiger partial charge in [-0.25, -0.2) is 4.68 Å². The van der Waals surface area contributed by atoms with Gasteiger partial charge in [0.05, 0.1) is 24.9 Å². The van der Waals surface area contributed by atoms with Crippen LogP contribution in [0.5, 0.6) is 11.5 Å². The second kappa shape index (κ2) is 21.0. The van der Waals surface area contributed by atoms with Crippen molar-refractivity contribution in [3.05, 3.63) is 77.9 Å². The van der Waals surface area contributed by atoms with Crippen LogP contribution < -0.4 is 14.8 Å². The van der Waals surface area contributed by atoms with E-state index < -0.39 is 17.7 Å². The van der Waals surface area contributed by atoms with Gasteiger partial charge >= 0.3 is 0 Å². The van der Waals surface area contributed by atoms with Gasteiger partial charge in [-0.3, -0.25) is 9.59 Å². The smallest absolute Gasteiger partial charge is 0.257 e. The highest BCUT2D eigenvalue weighted by molar-refractivity contribution is 6.16. The Morgan fingerprint density at radius 2 is 1.35 bits per heavy atom. The van der Waals surface area contributed by atoms with Crippen molar-refractivity contribution in [2.75, 3.05) is 19.0 Å². The maximum absolute atomic E-state index is 13.9. The number of nitrogens with one attached hydrogen (secondary N) is 1. The van der Waals surface area contributed by atoms with Crippen molar-refractivity contribution in [1.82, 2.24) is 15.0 Å². The molecule has 1 atom stereocenters. The van der Waals surface area contributed by atoms with E-state index in [0.29, 0.717) is 40.4 Å². The van der Waals surface area contributed by atoms with E-state index in [-0.39, 0.29) is 0 Å². The molecule has 0 aliphatic heterocycles. The number of aryl methyl sites for hydroxylation is 1. The summed E-state index contributed by atoms with van der Waals surface area (Å²) in [4.78, 5) is 27.8. The Balaban J connectivity index is 1.24. The van der Waals surface area contributed by atoms with E-state index in [9.17, 15) is 9.59 Å². The number of Topliss-reactive ketones (excluding diaryl/α,β-unsaturated/α-hetero) is 1. The standard InChI is InChI=1S/C41H56N4O4/c1-4-5-6-7-8-9-10-11-12-13-14-15-16-17-18-21-30-49-38-23-20-19-22-35(38)42-41(47)39(40(46)33-25-27-34(48-3)28-26-33)45-37-29-24-32(2)31-36(37)43-44-45/h19-20,22-29,31,39H,4-18,21,30H2,1-3H3,(H,42,47). The van der Waals surface area contributed by atoms with Crippen LogP contribution in [0.4, 0.5) is 5.69 Å². The number of carbonyl (C=O) groups excluding carboxylic acids is 2. The Morgan fingerprint density at radius 1 is 0.755 bits per heavy atom. The van der Waals surface area contributed by atoms with Gasteiger partial charge < -0.3 is 14.8 Å². The molecule has 49 heavy (non-hydrogen) atoms. The van der Waals surface area contributed by atoms with Crippen molar-refractivity contribution in [3.8, 4) is 11.5 Å². The summed E-state index contributed by atoms with van der Waals surface area (Å²) in [5.74, 6) is 0.270. The van der Waals surface area contributed by atoms with Crippen LogP contribution in [0.15, 0.2) is 66.7 Å². The topological polar surface area (TPSA) is 95.3 Å². The predicted molar refractivity (Wildman–Crippen MR) is 199 cm³/mol. The molecule has 0 aliphatic carbocycles. The van der Waals surface area contributed by atoms with Crippen LogP contribution in [0.25, 0.3) is 11.0 Å². The number of methoxy groups -OCH3 is 1. The molecule has 8 nitrogen and oxygen atoms in total. The van der Waals surface area contributed by atoms with Crippen molar-refractivity contribution in [2.24, 2.45) is 0 Å². The number of ketones is 1. The van der Waals surface area contributed by atoms with Crippen molar-refractivity contribution >= 4 is 28.4 Å². The molecule has 1 unspecified atom stereocenters. The summed E-state index contributed by atoms with van der Waals surface area (Å²) in [7, 11) is 1.57. The molecule has 0 bridgehead atoms. The molecule has 1 heterocycles. The normalized spacial score (nSPS) is 11.8. The van der Waals surface area contributed by atoms with Crippen LogP contribution in [0, 0.1) is 6.92 Å². The number of ether oxygens (including phenoxy) is 2. The van der Waals surface area contributed by atoms with E-state index >= 15 is 0 Å². The molecule has 1 aromatic heterocycles. The van der Waals surface area contributed by atoms with Gasteiger partial charge in [-0.1, -0.05) is 127 Å². The number of para-hydroxylation sites is 2. The molecule has 4 rings (SSSR count). The van der Waals surface area contributed by atoms with E-state index in [1.165, 1.54) is 94.6 Å². The Bertz CT molecular complexity index is 1570. The SMILES string of the molecule is CCCCCCCCCCCCCCCCCCOc1ccccc1NC(=O)C(C(=O)c1ccc(OC)cc1)n1nnc2cc(C)ccc21. The molecule has 1 amide bonds. The minimum absolute atomic E-state index is 0.366. The van der Waals surface area contributed by atoms with Gasteiger partial charge in [-0.2, -0.15) is 0 Å². The van der Waals surface area contributed by atoms with Crippen molar-refractivity contribution < 1.29 is 19.1 Å². The maximum atomic E-state index is 13.9. The molecule has 4 aromatic rings. The fourth-order valence-corrected chi connectivity index (χ4v) is 6.23. The Hall–Kier alpha value is -4.20. The van der Waals surface area contributed by atoms with E-state index in [2.05, 4.69) is 22.6 Å². The van der Waals surface area contributed by atoms with Crippen molar-refractivity contribution in [3.63, 3.8) is 0 Å². The molecule has 0 saturated carbocycles. The average Bonchev–Trinajstić information content (AvgIpc) is 3.52. The lowest BCUT2D eigenvalue weighted by molar-refractivity contribution is -0.118. The molecule has 0 spiro atoms. The first-order valence-corrected chi connectivity index (χ1v) is 18.5. The Morgan fingerprint density at radius 3 is 1.96 bits per heavy atom. The van der Waals surface area contributed by atoms with E-state index in [1.54, 1.807) is 37.4 Å². The lowest BCUT2D eigenvalue weighted by Gasteiger charge is -2.18. The van der Waals surface area contributed by atoms with Crippen LogP contribution >= 0.6 is 0 Å². The summed E-state index contributed by atoms with van der Waals surface area (Å²) in [5.41, 5.74) is 3.10. The first-order chi connectivity index (χ1) is 24.0. The van der Waals surface area contributed by atoms with Gasteiger partial charge in [0.25, 0.3) is 5.91 Å². The quantitative estimate of drug-likeness (QED) is 0.0453. The predicted octanol–water partition coefficient (Wildman–Crippen LogP) is 10.5. The first kappa shape index (κ1) is 37.6. The summed E-state index contributed by atoms with van der Waals surface area (Å²) in [5, 5.41) is 11.5. The third-order valence-corrected chi connectivity index (χ3v) is 9.14. The third-order valence-electron chi connectivity index (χ3n) is 9.14. The number of rotatable bonds is 24. The van der Waals surface area contributed by atoms with Gasteiger partial charge in [0.15, 0.2) is 11.8 Å². The Kier molecular flexibility index (Phi) is 16.1. The van der Waals surface area contributed by atoms with Gasteiger partial charge in [0, 0.05) is 5.56 Å². The van der Waals surface area contributed by atoms with Gasteiger partial charge in [-0.05, 0) is 67.4 Å². The number of carbonyl (C=O) groups is 2. The maximum Gasteiger partial charge on any atom is 0.257 e.